The van der Waals surface area contributed by atoms with E-state index in [1.54, 1.807) is 0 Å². The van der Waals surface area contributed by atoms with E-state index < -0.39 is 0 Å². The number of imidazole rings is 1. The molecule has 0 atom stereocenters. The zero-order chi connectivity index (χ0) is 8.43. The van der Waals surface area contributed by atoms with E-state index in [1.807, 2.05) is 20.9 Å². The molecule has 0 radical (unpaired) electrons. The van der Waals surface area contributed by atoms with E-state index >= 15 is 0 Å². The van der Waals surface area contributed by atoms with E-state index in [1.165, 1.54) is 5.69 Å². The Morgan fingerprint density at radius 3 is 2.45 bits per heavy atom. The quantitative estimate of drug-likeness (QED) is 0.674. The first-order chi connectivity index (χ1) is 5.16. The SMILES string of the molecule is Cc1nc(C)n(C)c1CCN. The molecule has 0 spiro atoms. The molecule has 0 saturated carbocycles. The van der Waals surface area contributed by atoms with Gasteiger partial charge in [-0.3, -0.25) is 0 Å². The van der Waals surface area contributed by atoms with Crippen LogP contribution in [0.25, 0.3) is 0 Å². The van der Waals surface area contributed by atoms with Crippen LogP contribution in [0.2, 0.25) is 0 Å². The summed E-state index contributed by atoms with van der Waals surface area (Å²) in [6, 6.07) is 0. The van der Waals surface area contributed by atoms with Gasteiger partial charge in [0.05, 0.1) is 5.69 Å². The fourth-order valence-corrected chi connectivity index (χ4v) is 1.31. The normalized spacial score (nSPS) is 10.5. The van der Waals surface area contributed by atoms with Crippen LogP contribution in [-0.4, -0.2) is 16.1 Å². The van der Waals surface area contributed by atoms with Gasteiger partial charge in [0, 0.05) is 19.2 Å². The number of aromatic nitrogens is 2. The molecular weight excluding hydrogens is 138 g/mol. The highest BCUT2D eigenvalue weighted by atomic mass is 15.1. The highest BCUT2D eigenvalue weighted by molar-refractivity contribution is 5.15. The first kappa shape index (κ1) is 8.27. The molecule has 0 aliphatic heterocycles. The molecule has 3 heteroatoms. The highest BCUT2D eigenvalue weighted by Gasteiger charge is 2.05. The number of nitrogens with zero attached hydrogens (tertiary/aromatic N) is 2. The number of hydrogen-bond acceptors (Lipinski definition) is 2. The first-order valence-electron chi connectivity index (χ1n) is 3.85. The van der Waals surface area contributed by atoms with E-state index in [9.17, 15) is 0 Å². The van der Waals surface area contributed by atoms with Gasteiger partial charge in [-0.05, 0) is 20.4 Å². The lowest BCUT2D eigenvalue weighted by atomic mass is 10.2. The number of aryl methyl sites for hydroxylation is 2. The molecule has 0 saturated heterocycles. The minimum Gasteiger partial charge on any atom is -0.335 e. The van der Waals surface area contributed by atoms with E-state index in [2.05, 4.69) is 9.55 Å². The molecule has 1 heterocycles. The Morgan fingerprint density at radius 1 is 1.45 bits per heavy atom. The molecule has 0 aliphatic rings. The Labute approximate surface area is 67.2 Å². The molecular formula is C8H15N3. The molecule has 62 valence electrons. The smallest absolute Gasteiger partial charge is 0.105 e. The minimum atomic E-state index is 0.694. The van der Waals surface area contributed by atoms with Gasteiger partial charge in [0.1, 0.15) is 5.82 Å². The van der Waals surface area contributed by atoms with Crippen molar-refractivity contribution >= 4 is 0 Å². The summed E-state index contributed by atoms with van der Waals surface area (Å²) in [7, 11) is 2.03. The van der Waals surface area contributed by atoms with Gasteiger partial charge in [-0.25, -0.2) is 4.98 Å². The topological polar surface area (TPSA) is 43.8 Å². The van der Waals surface area contributed by atoms with Crippen LogP contribution >= 0.6 is 0 Å². The van der Waals surface area contributed by atoms with Crippen molar-refractivity contribution in [3.63, 3.8) is 0 Å². The van der Waals surface area contributed by atoms with Crippen molar-refractivity contribution in [3.8, 4) is 0 Å². The van der Waals surface area contributed by atoms with Crippen LogP contribution in [0.1, 0.15) is 17.2 Å². The lowest BCUT2D eigenvalue weighted by Gasteiger charge is -2.01. The second-order valence-electron chi connectivity index (χ2n) is 2.79. The van der Waals surface area contributed by atoms with Crippen molar-refractivity contribution in [2.24, 2.45) is 12.8 Å². The number of rotatable bonds is 2. The summed E-state index contributed by atoms with van der Waals surface area (Å²) in [4.78, 5) is 4.34. The van der Waals surface area contributed by atoms with Crippen LogP contribution in [-0.2, 0) is 13.5 Å². The Balaban J connectivity index is 3.02. The van der Waals surface area contributed by atoms with E-state index in [-0.39, 0.29) is 0 Å². The van der Waals surface area contributed by atoms with Gasteiger partial charge in [0.25, 0.3) is 0 Å². The van der Waals surface area contributed by atoms with E-state index in [4.69, 9.17) is 5.73 Å². The molecule has 0 bridgehead atoms. The van der Waals surface area contributed by atoms with Gasteiger partial charge in [-0.1, -0.05) is 0 Å². The molecule has 3 nitrogen and oxygen atoms in total. The molecule has 0 amide bonds. The average molecular weight is 153 g/mol. The number of nitrogens with two attached hydrogens (primary N) is 1. The maximum absolute atomic E-state index is 5.47. The van der Waals surface area contributed by atoms with Crippen molar-refractivity contribution in [1.82, 2.24) is 9.55 Å². The summed E-state index contributed by atoms with van der Waals surface area (Å²) >= 11 is 0. The predicted molar refractivity (Wildman–Crippen MR) is 45.4 cm³/mol. The van der Waals surface area contributed by atoms with E-state index in [0.717, 1.165) is 17.9 Å². The minimum absolute atomic E-state index is 0.694. The Hall–Kier alpha value is -0.830. The van der Waals surface area contributed by atoms with Crippen LogP contribution < -0.4 is 5.73 Å². The molecule has 1 aromatic rings. The van der Waals surface area contributed by atoms with Gasteiger partial charge < -0.3 is 10.3 Å². The zero-order valence-electron chi connectivity index (χ0n) is 7.39. The van der Waals surface area contributed by atoms with Crippen LogP contribution in [0, 0.1) is 13.8 Å². The lowest BCUT2D eigenvalue weighted by Crippen LogP contribution is -2.08. The van der Waals surface area contributed by atoms with E-state index in [0.29, 0.717) is 6.54 Å². The van der Waals surface area contributed by atoms with Crippen molar-refractivity contribution in [3.05, 3.63) is 17.2 Å². The second kappa shape index (κ2) is 3.05. The van der Waals surface area contributed by atoms with Crippen molar-refractivity contribution in [2.45, 2.75) is 20.3 Å². The summed E-state index contributed by atoms with van der Waals surface area (Å²) in [5.74, 6) is 1.06. The summed E-state index contributed by atoms with van der Waals surface area (Å²) in [6.07, 6.45) is 0.920. The molecule has 1 rings (SSSR count). The summed E-state index contributed by atoms with van der Waals surface area (Å²) < 4.78 is 2.10. The number of hydrogen-bond donors (Lipinski definition) is 1. The highest BCUT2D eigenvalue weighted by Crippen LogP contribution is 2.08. The molecule has 0 aliphatic carbocycles. The molecule has 0 aromatic carbocycles. The summed E-state index contributed by atoms with van der Waals surface area (Å²) in [5.41, 5.74) is 7.83. The fourth-order valence-electron chi connectivity index (χ4n) is 1.31. The van der Waals surface area contributed by atoms with Gasteiger partial charge >= 0.3 is 0 Å². The van der Waals surface area contributed by atoms with Gasteiger partial charge in [0.2, 0.25) is 0 Å². The third-order valence-corrected chi connectivity index (χ3v) is 2.02. The third-order valence-electron chi connectivity index (χ3n) is 2.02. The molecule has 0 unspecified atom stereocenters. The standard InChI is InChI=1S/C8H15N3/c1-6-8(4-5-9)11(3)7(2)10-6/h4-5,9H2,1-3H3. The van der Waals surface area contributed by atoms with Crippen LogP contribution in [0.15, 0.2) is 0 Å². The van der Waals surface area contributed by atoms with Crippen LogP contribution in [0.3, 0.4) is 0 Å². The maximum atomic E-state index is 5.47. The van der Waals surface area contributed by atoms with Crippen molar-refractivity contribution < 1.29 is 0 Å². The van der Waals surface area contributed by atoms with Gasteiger partial charge in [-0.2, -0.15) is 0 Å². The zero-order valence-corrected chi connectivity index (χ0v) is 7.39. The molecule has 2 N–H and O–H groups in total. The monoisotopic (exact) mass is 153 g/mol. The Kier molecular flexibility index (Phi) is 2.29. The van der Waals surface area contributed by atoms with Gasteiger partial charge in [0.15, 0.2) is 0 Å². The van der Waals surface area contributed by atoms with Crippen LogP contribution in [0.5, 0.6) is 0 Å². The van der Waals surface area contributed by atoms with Crippen molar-refractivity contribution in [2.75, 3.05) is 6.54 Å². The second-order valence-corrected chi connectivity index (χ2v) is 2.79. The van der Waals surface area contributed by atoms with Crippen LogP contribution in [0.4, 0.5) is 0 Å². The Morgan fingerprint density at radius 2 is 2.09 bits per heavy atom. The Bertz CT molecular complexity index is 250. The summed E-state index contributed by atoms with van der Waals surface area (Å²) in [6.45, 7) is 4.73. The first-order valence-corrected chi connectivity index (χ1v) is 3.85. The molecule has 11 heavy (non-hydrogen) atoms. The largest absolute Gasteiger partial charge is 0.335 e. The van der Waals surface area contributed by atoms with Gasteiger partial charge in [-0.15, -0.1) is 0 Å². The maximum Gasteiger partial charge on any atom is 0.105 e. The lowest BCUT2D eigenvalue weighted by molar-refractivity contribution is 0.774. The third kappa shape index (κ3) is 1.43. The predicted octanol–water partition coefficient (Wildman–Crippen LogP) is 0.538. The average Bonchev–Trinajstić information content (AvgIpc) is 2.17. The molecule has 0 fully saturated rings. The summed E-state index contributed by atoms with van der Waals surface area (Å²) in [5, 5.41) is 0. The van der Waals surface area contributed by atoms with Crippen molar-refractivity contribution in [1.29, 1.82) is 0 Å². The fraction of sp³-hybridized carbons (Fsp3) is 0.625. The molecule has 1 aromatic heterocycles.